The van der Waals surface area contributed by atoms with E-state index in [2.05, 4.69) is 4.98 Å². The minimum Gasteiger partial charge on any atom is -0.488 e. The number of Topliss-reactive ketones (excluding diaryl/α,β-unsaturated/α-hetero) is 1. The molecule has 19 heavy (non-hydrogen) atoms. The summed E-state index contributed by atoms with van der Waals surface area (Å²) in [6, 6.07) is 9.76. The summed E-state index contributed by atoms with van der Waals surface area (Å²) < 4.78 is 6.08. The van der Waals surface area contributed by atoms with Gasteiger partial charge in [-0.05, 0) is 37.6 Å². The Bertz CT molecular complexity index is 632. The van der Waals surface area contributed by atoms with Crippen LogP contribution in [0.2, 0.25) is 0 Å². The molecule has 3 rings (SSSR count). The average molecular weight is 255 g/mol. The fourth-order valence-electron chi connectivity index (χ4n) is 2.60. The van der Waals surface area contributed by atoms with Gasteiger partial charge in [-0.1, -0.05) is 13.0 Å². The second-order valence-corrected chi connectivity index (χ2v) is 5.33. The third-order valence-corrected chi connectivity index (χ3v) is 4.33. The van der Waals surface area contributed by atoms with E-state index in [1.165, 1.54) is 0 Å². The number of ketones is 1. The highest BCUT2D eigenvalue weighted by Crippen LogP contribution is 2.43. The zero-order valence-corrected chi connectivity index (χ0v) is 11.2. The topological polar surface area (TPSA) is 39.2 Å². The van der Waals surface area contributed by atoms with Crippen molar-refractivity contribution in [3.8, 4) is 5.75 Å². The molecule has 98 valence electrons. The van der Waals surface area contributed by atoms with Crippen LogP contribution < -0.4 is 4.74 Å². The van der Waals surface area contributed by atoms with Crippen LogP contribution in [0.1, 0.15) is 26.7 Å². The molecule has 3 heteroatoms. The second-order valence-electron chi connectivity index (χ2n) is 5.33. The molecule has 0 N–H and O–H groups in total. The van der Waals surface area contributed by atoms with Gasteiger partial charge in [-0.15, -0.1) is 0 Å². The van der Waals surface area contributed by atoms with Crippen molar-refractivity contribution in [3.05, 3.63) is 36.5 Å². The largest absolute Gasteiger partial charge is 0.488 e. The minimum atomic E-state index is -0.329. The van der Waals surface area contributed by atoms with Crippen LogP contribution in [0, 0.1) is 5.41 Å². The van der Waals surface area contributed by atoms with Crippen molar-refractivity contribution in [3.63, 3.8) is 0 Å². The highest BCUT2D eigenvalue weighted by Gasteiger charge is 2.51. The zero-order chi connectivity index (χ0) is 13.5. The van der Waals surface area contributed by atoms with Gasteiger partial charge in [0.25, 0.3) is 0 Å². The summed E-state index contributed by atoms with van der Waals surface area (Å²) in [5.41, 5.74) is 0.591. The van der Waals surface area contributed by atoms with E-state index in [0.717, 1.165) is 23.1 Å². The van der Waals surface area contributed by atoms with E-state index in [9.17, 15) is 4.79 Å². The Morgan fingerprint density at radius 1 is 1.37 bits per heavy atom. The van der Waals surface area contributed by atoms with Gasteiger partial charge in [0.15, 0.2) is 0 Å². The predicted molar refractivity (Wildman–Crippen MR) is 74.2 cm³/mol. The van der Waals surface area contributed by atoms with E-state index in [1.807, 2.05) is 44.2 Å². The third kappa shape index (κ3) is 1.81. The lowest BCUT2D eigenvalue weighted by atomic mass is 9.64. The molecule has 1 fully saturated rings. The molecule has 0 bridgehead atoms. The number of rotatable bonds is 3. The van der Waals surface area contributed by atoms with E-state index in [1.54, 1.807) is 6.20 Å². The molecule has 2 aromatic rings. The van der Waals surface area contributed by atoms with E-state index in [-0.39, 0.29) is 11.5 Å². The molecular formula is C16H17NO2. The number of ether oxygens (including phenoxy) is 1. The molecule has 1 aromatic heterocycles. The molecule has 3 nitrogen and oxygen atoms in total. The number of hydrogen-bond donors (Lipinski definition) is 0. The maximum Gasteiger partial charge on any atom is 0.146 e. The lowest BCUT2D eigenvalue weighted by molar-refractivity contribution is -0.150. The Labute approximate surface area is 112 Å². The molecule has 0 spiro atoms. The number of aromatic nitrogens is 1. The van der Waals surface area contributed by atoms with Crippen LogP contribution in [0.15, 0.2) is 36.5 Å². The third-order valence-electron chi connectivity index (χ3n) is 4.33. The lowest BCUT2D eigenvalue weighted by Crippen LogP contribution is -2.54. The summed E-state index contributed by atoms with van der Waals surface area (Å²) in [6.45, 7) is 4.03. The van der Waals surface area contributed by atoms with Gasteiger partial charge < -0.3 is 4.74 Å². The first kappa shape index (κ1) is 12.2. The van der Waals surface area contributed by atoms with Crippen molar-refractivity contribution in [2.75, 3.05) is 0 Å². The molecule has 1 aromatic carbocycles. The van der Waals surface area contributed by atoms with Gasteiger partial charge in [-0.2, -0.15) is 0 Å². The van der Waals surface area contributed by atoms with Crippen molar-refractivity contribution >= 4 is 16.7 Å². The molecule has 0 saturated heterocycles. The first-order valence-electron chi connectivity index (χ1n) is 6.69. The van der Waals surface area contributed by atoms with Gasteiger partial charge in [0, 0.05) is 18.0 Å². The zero-order valence-electron chi connectivity index (χ0n) is 11.2. The number of benzene rings is 1. The summed E-state index contributed by atoms with van der Waals surface area (Å²) in [7, 11) is 0. The molecule has 2 atom stereocenters. The minimum absolute atomic E-state index is 0.0178. The van der Waals surface area contributed by atoms with Crippen LogP contribution >= 0.6 is 0 Å². The Morgan fingerprint density at radius 3 is 2.95 bits per heavy atom. The Balaban J connectivity index is 1.93. The summed E-state index contributed by atoms with van der Waals surface area (Å²) >= 11 is 0. The molecular weight excluding hydrogens is 238 g/mol. The maximum atomic E-state index is 11.8. The fraction of sp³-hybridized carbons (Fsp3) is 0.375. The van der Waals surface area contributed by atoms with Gasteiger partial charge in [0.05, 0.1) is 10.9 Å². The molecule has 0 amide bonds. The van der Waals surface area contributed by atoms with E-state index >= 15 is 0 Å². The van der Waals surface area contributed by atoms with Crippen molar-refractivity contribution in [1.82, 2.24) is 4.98 Å². The van der Waals surface area contributed by atoms with E-state index in [0.29, 0.717) is 12.2 Å². The molecule has 1 aliphatic rings. The smallest absolute Gasteiger partial charge is 0.146 e. The van der Waals surface area contributed by atoms with Crippen molar-refractivity contribution in [1.29, 1.82) is 0 Å². The van der Waals surface area contributed by atoms with Crippen LogP contribution in [-0.2, 0) is 4.79 Å². The van der Waals surface area contributed by atoms with Gasteiger partial charge in [-0.25, -0.2) is 0 Å². The molecule has 0 radical (unpaired) electrons. The van der Waals surface area contributed by atoms with Crippen molar-refractivity contribution < 1.29 is 9.53 Å². The Hall–Kier alpha value is -1.90. The number of nitrogens with zero attached hydrogens (tertiary/aromatic N) is 1. The van der Waals surface area contributed by atoms with Gasteiger partial charge in [0.1, 0.15) is 17.6 Å². The van der Waals surface area contributed by atoms with Gasteiger partial charge >= 0.3 is 0 Å². The van der Waals surface area contributed by atoms with E-state index < -0.39 is 0 Å². The number of fused-ring (bicyclic) bond motifs is 1. The fourth-order valence-corrected chi connectivity index (χ4v) is 2.60. The molecule has 1 aliphatic carbocycles. The van der Waals surface area contributed by atoms with E-state index in [4.69, 9.17) is 4.74 Å². The Kier molecular flexibility index (Phi) is 2.77. The normalized spacial score (nSPS) is 26.2. The number of hydrogen-bond acceptors (Lipinski definition) is 3. The molecule has 0 aliphatic heterocycles. The quantitative estimate of drug-likeness (QED) is 0.844. The Morgan fingerprint density at radius 2 is 2.21 bits per heavy atom. The van der Waals surface area contributed by atoms with Crippen molar-refractivity contribution in [2.24, 2.45) is 5.41 Å². The van der Waals surface area contributed by atoms with Crippen LogP contribution in [0.3, 0.4) is 0 Å². The lowest BCUT2D eigenvalue weighted by Gasteiger charge is -2.44. The van der Waals surface area contributed by atoms with Crippen LogP contribution in [0.25, 0.3) is 10.9 Å². The average Bonchev–Trinajstić information content (AvgIpc) is 2.46. The summed E-state index contributed by atoms with van der Waals surface area (Å²) in [6.07, 6.45) is 3.09. The monoisotopic (exact) mass is 255 g/mol. The highest BCUT2D eigenvalue weighted by atomic mass is 16.5. The summed E-state index contributed by atoms with van der Waals surface area (Å²) in [5.74, 6) is 1.13. The summed E-state index contributed by atoms with van der Waals surface area (Å²) in [4.78, 5) is 16.1. The number of carbonyl (C=O) groups is 1. The molecule has 1 saturated carbocycles. The maximum absolute atomic E-state index is 11.8. The van der Waals surface area contributed by atoms with Gasteiger partial charge in [-0.3, -0.25) is 9.78 Å². The predicted octanol–water partition coefficient (Wildman–Crippen LogP) is 3.37. The summed E-state index contributed by atoms with van der Waals surface area (Å²) in [5, 5.41) is 1.00. The van der Waals surface area contributed by atoms with Crippen LogP contribution in [-0.4, -0.2) is 16.9 Å². The first-order valence-corrected chi connectivity index (χ1v) is 6.69. The number of pyridine rings is 1. The molecule has 1 heterocycles. The van der Waals surface area contributed by atoms with Crippen LogP contribution in [0.5, 0.6) is 5.75 Å². The SMILES string of the molecule is CCC1(C)C(=O)CC1Oc1cccc2ncccc12. The van der Waals surface area contributed by atoms with Crippen LogP contribution in [0.4, 0.5) is 0 Å². The van der Waals surface area contributed by atoms with Gasteiger partial charge in [0.2, 0.25) is 0 Å². The van der Waals surface area contributed by atoms with Crippen molar-refractivity contribution in [2.45, 2.75) is 32.8 Å². The second kappa shape index (κ2) is 4.34. The first-order chi connectivity index (χ1) is 9.15. The molecule has 2 unspecified atom stereocenters. The highest BCUT2D eigenvalue weighted by molar-refractivity contribution is 5.92. The number of carbonyl (C=O) groups excluding carboxylic acids is 1. The standard InChI is InChI=1S/C16H17NO2/c1-3-16(2)14(18)10-15(16)19-13-8-4-7-12-11(13)6-5-9-17-12/h4-9,15H,3,10H2,1-2H3.